The summed E-state index contributed by atoms with van der Waals surface area (Å²) < 4.78 is 0. The van der Waals surface area contributed by atoms with Crippen molar-refractivity contribution in [1.82, 2.24) is 15.0 Å². The van der Waals surface area contributed by atoms with Gasteiger partial charge in [0.05, 0.1) is 0 Å². The van der Waals surface area contributed by atoms with Crippen LogP contribution in [0.4, 0.5) is 5.82 Å². The minimum Gasteiger partial charge on any atom is -0.365 e. The summed E-state index contributed by atoms with van der Waals surface area (Å²) in [7, 11) is 0. The largest absolute Gasteiger partial charge is 0.365 e. The van der Waals surface area contributed by atoms with Crippen LogP contribution in [0, 0.1) is 6.92 Å². The third-order valence-corrected chi connectivity index (χ3v) is 5.42. The first-order chi connectivity index (χ1) is 15.3. The first-order valence-corrected chi connectivity index (χ1v) is 10.3. The highest BCUT2D eigenvalue weighted by molar-refractivity contribution is 5.94. The molecule has 150 valence electrons. The van der Waals surface area contributed by atoms with Crippen molar-refractivity contribution in [3.8, 4) is 22.3 Å². The van der Waals surface area contributed by atoms with Crippen molar-refractivity contribution in [2.45, 2.75) is 13.5 Å². The molecule has 3 aromatic heterocycles. The van der Waals surface area contributed by atoms with E-state index < -0.39 is 0 Å². The molecule has 5 aromatic rings. The van der Waals surface area contributed by atoms with Gasteiger partial charge in [-0.2, -0.15) is 0 Å². The van der Waals surface area contributed by atoms with Crippen LogP contribution in [0.2, 0.25) is 0 Å². The smallest absolute Gasteiger partial charge is 0.134 e. The minimum absolute atomic E-state index is 0.716. The number of anilines is 1. The van der Waals surface area contributed by atoms with Gasteiger partial charge in [-0.05, 0) is 76.5 Å². The maximum Gasteiger partial charge on any atom is 0.134 e. The maximum absolute atomic E-state index is 4.57. The molecular weight excluding hydrogens is 380 g/mol. The fourth-order valence-electron chi connectivity index (χ4n) is 3.77. The van der Waals surface area contributed by atoms with E-state index in [-0.39, 0.29) is 0 Å². The fraction of sp³-hybridized carbons (Fsp3) is 0.0741. The monoisotopic (exact) mass is 402 g/mol. The molecule has 31 heavy (non-hydrogen) atoms. The molecule has 0 aliphatic rings. The van der Waals surface area contributed by atoms with E-state index in [1.165, 1.54) is 22.3 Å². The average Bonchev–Trinajstić information content (AvgIpc) is 2.83. The average molecular weight is 403 g/mol. The van der Waals surface area contributed by atoms with Crippen molar-refractivity contribution in [3.63, 3.8) is 0 Å². The fourth-order valence-corrected chi connectivity index (χ4v) is 3.77. The lowest BCUT2D eigenvalue weighted by Gasteiger charge is -2.11. The second kappa shape index (κ2) is 8.36. The van der Waals surface area contributed by atoms with E-state index in [0.717, 1.165) is 27.8 Å². The van der Waals surface area contributed by atoms with Crippen LogP contribution < -0.4 is 5.32 Å². The van der Waals surface area contributed by atoms with Gasteiger partial charge in [-0.3, -0.25) is 9.97 Å². The Morgan fingerprint density at radius 2 is 1.32 bits per heavy atom. The molecule has 0 spiro atoms. The highest BCUT2D eigenvalue weighted by Gasteiger charge is 2.05. The Morgan fingerprint density at radius 1 is 0.645 bits per heavy atom. The third kappa shape index (κ3) is 4.14. The zero-order valence-corrected chi connectivity index (χ0v) is 17.3. The van der Waals surface area contributed by atoms with E-state index in [4.69, 9.17) is 0 Å². The molecule has 4 heteroatoms. The summed E-state index contributed by atoms with van der Waals surface area (Å²) in [5.41, 5.74) is 6.95. The molecular formula is C27H22N4. The molecule has 0 fully saturated rings. The van der Waals surface area contributed by atoms with Crippen molar-refractivity contribution < 1.29 is 0 Å². The Labute approximate surface area is 181 Å². The van der Waals surface area contributed by atoms with Gasteiger partial charge >= 0.3 is 0 Å². The number of hydrogen-bond donors (Lipinski definition) is 1. The minimum atomic E-state index is 0.716. The molecule has 0 aliphatic heterocycles. The lowest BCUT2D eigenvalue weighted by Crippen LogP contribution is -2.02. The van der Waals surface area contributed by atoms with Crippen LogP contribution in [-0.4, -0.2) is 15.0 Å². The standard InChI is InChI=1S/C27H22N4/c1-19-16-24(10-14-29-19)21-4-2-20(3-5-21)18-31-27-26-7-6-23(17-25(26)11-15-30-27)22-8-12-28-13-9-22/h2-17H,18H2,1H3,(H,30,31). The summed E-state index contributed by atoms with van der Waals surface area (Å²) in [5, 5.41) is 5.78. The summed E-state index contributed by atoms with van der Waals surface area (Å²) in [6, 6.07) is 25.3. The molecule has 5 rings (SSSR count). The molecule has 0 aliphatic carbocycles. The Morgan fingerprint density at radius 3 is 2.13 bits per heavy atom. The lowest BCUT2D eigenvalue weighted by atomic mass is 10.0. The summed E-state index contributed by atoms with van der Waals surface area (Å²) in [6.07, 6.45) is 7.35. The van der Waals surface area contributed by atoms with Gasteiger partial charge in [0.25, 0.3) is 0 Å². The summed E-state index contributed by atoms with van der Waals surface area (Å²) in [6.45, 7) is 2.73. The molecule has 3 heterocycles. The van der Waals surface area contributed by atoms with Crippen molar-refractivity contribution in [3.05, 3.63) is 109 Å². The van der Waals surface area contributed by atoms with E-state index in [1.54, 1.807) is 0 Å². The normalized spacial score (nSPS) is 10.9. The molecule has 4 nitrogen and oxygen atoms in total. The first-order valence-electron chi connectivity index (χ1n) is 10.3. The summed E-state index contributed by atoms with van der Waals surface area (Å²) in [5.74, 6) is 0.896. The highest BCUT2D eigenvalue weighted by atomic mass is 15.0. The van der Waals surface area contributed by atoms with E-state index in [0.29, 0.717) is 6.54 Å². The van der Waals surface area contributed by atoms with Crippen LogP contribution in [0.25, 0.3) is 33.0 Å². The molecule has 1 N–H and O–H groups in total. The molecule has 0 saturated heterocycles. The summed E-state index contributed by atoms with van der Waals surface area (Å²) >= 11 is 0. The number of hydrogen-bond acceptors (Lipinski definition) is 4. The second-order valence-electron chi connectivity index (χ2n) is 7.57. The van der Waals surface area contributed by atoms with Gasteiger partial charge in [-0.15, -0.1) is 0 Å². The maximum atomic E-state index is 4.57. The molecule has 0 unspecified atom stereocenters. The van der Waals surface area contributed by atoms with Crippen LogP contribution in [-0.2, 0) is 6.54 Å². The summed E-state index contributed by atoms with van der Waals surface area (Å²) in [4.78, 5) is 12.9. The van der Waals surface area contributed by atoms with Crippen LogP contribution in [0.1, 0.15) is 11.3 Å². The Bertz CT molecular complexity index is 1330. The molecule has 2 aromatic carbocycles. The zero-order valence-electron chi connectivity index (χ0n) is 17.3. The van der Waals surface area contributed by atoms with Crippen molar-refractivity contribution in [1.29, 1.82) is 0 Å². The van der Waals surface area contributed by atoms with Gasteiger partial charge in [0.2, 0.25) is 0 Å². The number of aryl methyl sites for hydroxylation is 1. The van der Waals surface area contributed by atoms with Crippen LogP contribution >= 0.6 is 0 Å². The topological polar surface area (TPSA) is 50.7 Å². The molecule has 0 bridgehead atoms. The van der Waals surface area contributed by atoms with E-state index in [1.807, 2.05) is 49.9 Å². The van der Waals surface area contributed by atoms with Crippen LogP contribution in [0.5, 0.6) is 0 Å². The number of benzene rings is 2. The van der Waals surface area contributed by atoms with Crippen molar-refractivity contribution in [2.75, 3.05) is 5.32 Å². The van der Waals surface area contributed by atoms with Crippen LogP contribution in [0.15, 0.2) is 97.6 Å². The predicted molar refractivity (Wildman–Crippen MR) is 127 cm³/mol. The van der Waals surface area contributed by atoms with Crippen molar-refractivity contribution >= 4 is 16.6 Å². The van der Waals surface area contributed by atoms with E-state index >= 15 is 0 Å². The quantitative estimate of drug-likeness (QED) is 0.376. The van der Waals surface area contributed by atoms with Gasteiger partial charge in [0.1, 0.15) is 5.82 Å². The number of nitrogens with zero attached hydrogens (tertiary/aromatic N) is 3. The molecule has 0 saturated carbocycles. The van der Waals surface area contributed by atoms with Gasteiger partial charge in [-0.25, -0.2) is 4.98 Å². The van der Waals surface area contributed by atoms with Gasteiger partial charge in [0, 0.05) is 42.4 Å². The Kier molecular flexibility index (Phi) is 5.11. The Hall–Kier alpha value is -4.05. The number of aromatic nitrogens is 3. The zero-order chi connectivity index (χ0) is 21.0. The predicted octanol–water partition coefficient (Wildman–Crippen LogP) is 6.28. The molecule has 0 amide bonds. The second-order valence-corrected chi connectivity index (χ2v) is 7.57. The van der Waals surface area contributed by atoms with E-state index in [9.17, 15) is 0 Å². The van der Waals surface area contributed by atoms with Gasteiger partial charge in [-0.1, -0.05) is 36.4 Å². The van der Waals surface area contributed by atoms with E-state index in [2.05, 4.69) is 74.9 Å². The highest BCUT2D eigenvalue weighted by Crippen LogP contribution is 2.28. The van der Waals surface area contributed by atoms with Gasteiger partial charge in [0.15, 0.2) is 0 Å². The SMILES string of the molecule is Cc1cc(-c2ccc(CNc3nccc4cc(-c5ccncc5)ccc34)cc2)ccn1. The van der Waals surface area contributed by atoms with Crippen LogP contribution in [0.3, 0.4) is 0 Å². The lowest BCUT2D eigenvalue weighted by molar-refractivity contribution is 1.12. The first kappa shape index (κ1) is 18.9. The Balaban J connectivity index is 1.35. The number of nitrogens with one attached hydrogen (secondary N) is 1. The van der Waals surface area contributed by atoms with Crippen molar-refractivity contribution in [2.24, 2.45) is 0 Å². The van der Waals surface area contributed by atoms with Gasteiger partial charge < -0.3 is 5.32 Å². The number of pyridine rings is 3. The molecule has 0 radical (unpaired) electrons. The number of rotatable bonds is 5. The molecule has 0 atom stereocenters. The third-order valence-electron chi connectivity index (χ3n) is 5.42. The number of fused-ring (bicyclic) bond motifs is 1.